The highest BCUT2D eigenvalue weighted by molar-refractivity contribution is 5.91. The summed E-state index contributed by atoms with van der Waals surface area (Å²) in [5.74, 6) is 0.932. The lowest BCUT2D eigenvalue weighted by Crippen LogP contribution is -2.31. The van der Waals surface area contributed by atoms with Crippen molar-refractivity contribution in [2.45, 2.75) is 13.0 Å². The fourth-order valence-corrected chi connectivity index (χ4v) is 2.96. The van der Waals surface area contributed by atoms with Crippen LogP contribution >= 0.6 is 0 Å². The molecule has 0 bridgehead atoms. The van der Waals surface area contributed by atoms with Crippen molar-refractivity contribution in [3.05, 3.63) is 63.2 Å². The van der Waals surface area contributed by atoms with Gasteiger partial charge in [0, 0.05) is 18.2 Å². The van der Waals surface area contributed by atoms with E-state index in [4.69, 9.17) is 9.47 Å². The van der Waals surface area contributed by atoms with Crippen molar-refractivity contribution in [2.24, 2.45) is 0 Å². The van der Waals surface area contributed by atoms with Gasteiger partial charge in [-0.3, -0.25) is 19.5 Å². The molecule has 3 aromatic rings. The number of aromatic nitrogens is 2. The molecule has 2 N–H and O–H groups in total. The number of ether oxygens (including phenoxy) is 2. The molecule has 8 heteroatoms. The number of hydrogen-bond acceptors (Lipinski definition) is 5. The van der Waals surface area contributed by atoms with Crippen molar-refractivity contribution in [3.8, 4) is 11.5 Å². The van der Waals surface area contributed by atoms with E-state index in [1.165, 1.54) is 0 Å². The number of H-pyrrole nitrogens is 1. The summed E-state index contributed by atoms with van der Waals surface area (Å²) in [5.41, 5.74) is -0.127. The highest BCUT2D eigenvalue weighted by atomic mass is 16.6. The van der Waals surface area contributed by atoms with Gasteiger partial charge in [0.25, 0.3) is 11.1 Å². The molecule has 2 aromatic carbocycles. The molecule has 1 aliphatic heterocycles. The Hall–Kier alpha value is -3.55. The van der Waals surface area contributed by atoms with Crippen LogP contribution in [0.5, 0.6) is 11.5 Å². The normalized spacial score (nSPS) is 12.7. The van der Waals surface area contributed by atoms with E-state index in [1.807, 2.05) is 0 Å². The molecule has 2 heterocycles. The number of carbonyl (C=O) groups is 1. The zero-order chi connectivity index (χ0) is 18.8. The molecule has 1 aromatic heterocycles. The Labute approximate surface area is 153 Å². The van der Waals surface area contributed by atoms with Gasteiger partial charge in [-0.05, 0) is 24.3 Å². The molecular weight excluding hydrogens is 350 g/mol. The Morgan fingerprint density at radius 3 is 2.59 bits per heavy atom. The first-order valence-electron chi connectivity index (χ1n) is 8.53. The zero-order valence-corrected chi connectivity index (χ0v) is 14.4. The third-order valence-corrected chi connectivity index (χ3v) is 4.27. The third kappa shape index (κ3) is 3.41. The summed E-state index contributed by atoms with van der Waals surface area (Å²) >= 11 is 0. The van der Waals surface area contributed by atoms with E-state index in [-0.39, 0.29) is 30.0 Å². The number of anilines is 1. The predicted octanol–water partition coefficient (Wildman–Crippen LogP) is 1.49. The Kier molecular flexibility index (Phi) is 4.37. The van der Waals surface area contributed by atoms with Gasteiger partial charge < -0.3 is 14.8 Å². The Morgan fingerprint density at radius 1 is 1.04 bits per heavy atom. The van der Waals surface area contributed by atoms with Crippen molar-refractivity contribution >= 4 is 22.4 Å². The van der Waals surface area contributed by atoms with Gasteiger partial charge in [0.1, 0.15) is 13.2 Å². The molecule has 1 amide bonds. The number of rotatable bonds is 4. The second-order valence-corrected chi connectivity index (χ2v) is 6.10. The number of aryl methyl sites for hydroxylation is 1. The lowest BCUT2D eigenvalue weighted by atomic mass is 10.2. The fraction of sp³-hybridized carbons (Fsp3) is 0.211. The third-order valence-electron chi connectivity index (χ3n) is 4.27. The molecule has 0 unspecified atom stereocenters. The average Bonchev–Trinajstić information content (AvgIpc) is 2.69. The molecule has 0 saturated heterocycles. The molecule has 0 radical (unpaired) electrons. The quantitative estimate of drug-likeness (QED) is 0.727. The minimum atomic E-state index is -0.363. The minimum absolute atomic E-state index is 0.0304. The molecule has 0 spiro atoms. The number of nitrogens with zero attached hydrogens (tertiary/aromatic N) is 1. The summed E-state index contributed by atoms with van der Waals surface area (Å²) in [4.78, 5) is 36.7. The summed E-state index contributed by atoms with van der Waals surface area (Å²) in [6.07, 6.45) is 0.0304. The number of nitrogens with one attached hydrogen (secondary N) is 2. The molecule has 0 fully saturated rings. The number of carbonyl (C=O) groups excluding carboxylic acids is 1. The molecule has 138 valence electrons. The number of fused-ring (bicyclic) bond motifs is 2. The molecule has 8 nitrogen and oxygen atoms in total. The maximum Gasteiger partial charge on any atom is 0.273 e. The van der Waals surface area contributed by atoms with E-state index >= 15 is 0 Å². The fourth-order valence-electron chi connectivity index (χ4n) is 2.96. The van der Waals surface area contributed by atoms with Gasteiger partial charge in [0.15, 0.2) is 11.5 Å². The summed E-state index contributed by atoms with van der Waals surface area (Å²) in [6.45, 7) is 1.02. The van der Waals surface area contributed by atoms with Gasteiger partial charge >= 0.3 is 0 Å². The van der Waals surface area contributed by atoms with Gasteiger partial charge in [0.05, 0.1) is 17.3 Å². The van der Waals surface area contributed by atoms with Gasteiger partial charge in [-0.1, -0.05) is 12.1 Å². The van der Waals surface area contributed by atoms with Crippen LogP contribution < -0.4 is 25.9 Å². The first-order chi connectivity index (χ1) is 13.1. The van der Waals surface area contributed by atoms with E-state index in [0.29, 0.717) is 41.2 Å². The van der Waals surface area contributed by atoms with Crippen LogP contribution in [0.1, 0.15) is 6.42 Å². The van der Waals surface area contributed by atoms with Crippen LogP contribution in [0.2, 0.25) is 0 Å². The van der Waals surface area contributed by atoms with Crippen molar-refractivity contribution in [1.29, 1.82) is 0 Å². The number of benzene rings is 2. The van der Waals surface area contributed by atoms with Crippen molar-refractivity contribution in [1.82, 2.24) is 9.78 Å². The number of amides is 1. The summed E-state index contributed by atoms with van der Waals surface area (Å²) in [7, 11) is 0. The van der Waals surface area contributed by atoms with Gasteiger partial charge in [0.2, 0.25) is 5.91 Å². The monoisotopic (exact) mass is 367 g/mol. The molecule has 0 atom stereocenters. The molecule has 27 heavy (non-hydrogen) atoms. The minimum Gasteiger partial charge on any atom is -0.486 e. The molecule has 1 aliphatic rings. The smallest absolute Gasteiger partial charge is 0.273 e. The molecule has 0 aliphatic carbocycles. The van der Waals surface area contributed by atoms with Crippen LogP contribution in [0.15, 0.2) is 52.1 Å². The van der Waals surface area contributed by atoms with Crippen LogP contribution in [0.3, 0.4) is 0 Å². The highest BCUT2D eigenvalue weighted by Crippen LogP contribution is 2.32. The summed E-state index contributed by atoms with van der Waals surface area (Å²) in [6, 6.07) is 11.7. The molecular formula is C19H17N3O5. The van der Waals surface area contributed by atoms with Crippen molar-refractivity contribution in [2.75, 3.05) is 18.5 Å². The van der Waals surface area contributed by atoms with Crippen molar-refractivity contribution in [3.63, 3.8) is 0 Å². The van der Waals surface area contributed by atoms with Crippen molar-refractivity contribution < 1.29 is 14.3 Å². The summed E-state index contributed by atoms with van der Waals surface area (Å²) < 4.78 is 12.1. The second-order valence-electron chi connectivity index (χ2n) is 6.10. The Bertz CT molecular complexity index is 1130. The first kappa shape index (κ1) is 16.9. The van der Waals surface area contributed by atoms with Crippen LogP contribution in [0.25, 0.3) is 10.8 Å². The van der Waals surface area contributed by atoms with Gasteiger partial charge in [-0.15, -0.1) is 0 Å². The maximum absolute atomic E-state index is 12.4. The second kappa shape index (κ2) is 6.99. The number of aromatic amines is 1. The molecule has 4 rings (SSSR count). The van der Waals surface area contributed by atoms with E-state index < -0.39 is 0 Å². The number of hydrogen-bond donors (Lipinski definition) is 2. The van der Waals surface area contributed by atoms with E-state index in [0.717, 1.165) is 4.68 Å². The lowest BCUT2D eigenvalue weighted by Gasteiger charge is -2.19. The van der Waals surface area contributed by atoms with E-state index in [1.54, 1.807) is 42.5 Å². The van der Waals surface area contributed by atoms with E-state index in [9.17, 15) is 14.4 Å². The lowest BCUT2D eigenvalue weighted by molar-refractivity contribution is -0.116. The van der Waals surface area contributed by atoms with Crippen LogP contribution in [0, 0.1) is 0 Å². The largest absolute Gasteiger partial charge is 0.486 e. The van der Waals surface area contributed by atoms with Gasteiger partial charge in [-0.2, -0.15) is 0 Å². The molecule has 0 saturated carbocycles. The predicted molar refractivity (Wildman–Crippen MR) is 99.5 cm³/mol. The maximum atomic E-state index is 12.4. The van der Waals surface area contributed by atoms with Crippen LogP contribution in [-0.4, -0.2) is 28.9 Å². The average molecular weight is 367 g/mol. The zero-order valence-electron chi connectivity index (χ0n) is 14.4. The Morgan fingerprint density at radius 2 is 1.78 bits per heavy atom. The standard InChI is InChI=1S/C19H17N3O5/c23-17(20-12-5-6-15-16(11-12)27-10-9-26-15)7-8-22-19(25)14-4-2-1-3-13(14)18(24)21-22/h1-6,11H,7-10H2,(H,20,23)(H,21,24). The Balaban J connectivity index is 1.47. The van der Waals surface area contributed by atoms with Gasteiger partial charge in [-0.25, -0.2) is 4.68 Å². The van der Waals surface area contributed by atoms with Crippen LogP contribution in [-0.2, 0) is 11.3 Å². The SMILES string of the molecule is O=C(CCn1[nH]c(=O)c2ccccc2c1=O)Nc1ccc2c(c1)OCCO2. The topological polar surface area (TPSA) is 102 Å². The first-order valence-corrected chi connectivity index (χ1v) is 8.53. The highest BCUT2D eigenvalue weighted by Gasteiger charge is 2.13. The summed E-state index contributed by atoms with van der Waals surface area (Å²) in [5, 5.41) is 5.92. The van der Waals surface area contributed by atoms with E-state index in [2.05, 4.69) is 10.4 Å². The van der Waals surface area contributed by atoms with Crippen LogP contribution in [0.4, 0.5) is 5.69 Å².